The maximum absolute atomic E-state index is 9.24. The molecular formula is C16H23N3O. The first kappa shape index (κ1) is 14.7. The van der Waals surface area contributed by atoms with E-state index in [1.54, 1.807) is 0 Å². The van der Waals surface area contributed by atoms with Gasteiger partial charge in [0.05, 0.1) is 16.7 Å². The van der Waals surface area contributed by atoms with Crippen molar-refractivity contribution in [3.8, 4) is 0 Å². The number of benzene rings is 1. The molecular weight excluding hydrogens is 250 g/mol. The number of aryl methyl sites for hydroxylation is 1. The lowest BCUT2D eigenvalue weighted by atomic mass is 9.85. The topological polar surface area (TPSA) is 58.0 Å². The lowest BCUT2D eigenvalue weighted by Crippen LogP contribution is -2.35. The van der Waals surface area contributed by atoms with Gasteiger partial charge in [0, 0.05) is 12.6 Å². The summed E-state index contributed by atoms with van der Waals surface area (Å²) in [5.74, 6) is 0.803. The molecule has 20 heavy (non-hydrogen) atoms. The molecule has 4 heteroatoms. The second kappa shape index (κ2) is 5.75. The van der Waals surface area contributed by atoms with Crippen molar-refractivity contribution in [1.82, 2.24) is 9.97 Å². The largest absolute Gasteiger partial charge is 0.396 e. The monoisotopic (exact) mass is 273 g/mol. The molecule has 2 aromatic rings. The SMILES string of the molecule is Cc1nc2ccccc2nc1NC(CCO)C(C)(C)C. The van der Waals surface area contributed by atoms with Crippen LogP contribution in [0.15, 0.2) is 24.3 Å². The highest BCUT2D eigenvalue weighted by Gasteiger charge is 2.25. The predicted octanol–water partition coefficient (Wildman–Crippen LogP) is 3.15. The molecule has 0 aliphatic rings. The Bertz CT molecular complexity index is 590. The summed E-state index contributed by atoms with van der Waals surface area (Å²) in [6, 6.07) is 8.01. The van der Waals surface area contributed by atoms with Gasteiger partial charge in [0.2, 0.25) is 0 Å². The number of hydrogen-bond donors (Lipinski definition) is 2. The molecule has 0 saturated carbocycles. The summed E-state index contributed by atoms with van der Waals surface area (Å²) in [7, 11) is 0. The van der Waals surface area contributed by atoms with Crippen LogP contribution in [0.25, 0.3) is 11.0 Å². The second-order valence-corrected chi connectivity index (χ2v) is 6.22. The maximum Gasteiger partial charge on any atom is 0.148 e. The molecule has 4 nitrogen and oxygen atoms in total. The number of nitrogens with one attached hydrogen (secondary N) is 1. The zero-order chi connectivity index (χ0) is 14.8. The van der Waals surface area contributed by atoms with Crippen molar-refractivity contribution in [2.75, 3.05) is 11.9 Å². The summed E-state index contributed by atoms with van der Waals surface area (Å²) < 4.78 is 0. The van der Waals surface area contributed by atoms with Gasteiger partial charge in [0.15, 0.2) is 0 Å². The summed E-state index contributed by atoms with van der Waals surface area (Å²) in [6.07, 6.45) is 0.692. The average molecular weight is 273 g/mol. The van der Waals surface area contributed by atoms with E-state index >= 15 is 0 Å². The molecule has 0 amide bonds. The number of para-hydroxylation sites is 2. The number of fused-ring (bicyclic) bond motifs is 1. The summed E-state index contributed by atoms with van der Waals surface area (Å²) >= 11 is 0. The van der Waals surface area contributed by atoms with E-state index in [1.165, 1.54) is 0 Å². The number of rotatable bonds is 4. The van der Waals surface area contributed by atoms with Crippen molar-refractivity contribution >= 4 is 16.9 Å². The Morgan fingerprint density at radius 3 is 2.30 bits per heavy atom. The number of aliphatic hydroxyl groups excluding tert-OH is 1. The number of hydrogen-bond acceptors (Lipinski definition) is 4. The van der Waals surface area contributed by atoms with Crippen molar-refractivity contribution in [3.63, 3.8) is 0 Å². The van der Waals surface area contributed by atoms with Gasteiger partial charge >= 0.3 is 0 Å². The quantitative estimate of drug-likeness (QED) is 0.898. The lowest BCUT2D eigenvalue weighted by molar-refractivity contribution is 0.235. The first-order chi connectivity index (χ1) is 9.41. The van der Waals surface area contributed by atoms with Crippen LogP contribution in [0.4, 0.5) is 5.82 Å². The zero-order valence-electron chi connectivity index (χ0n) is 12.6. The van der Waals surface area contributed by atoms with Crippen LogP contribution in [0.1, 0.15) is 32.9 Å². The molecule has 0 bridgehead atoms. The van der Waals surface area contributed by atoms with Crippen molar-refractivity contribution < 1.29 is 5.11 Å². The molecule has 108 valence electrons. The minimum Gasteiger partial charge on any atom is -0.396 e. The zero-order valence-corrected chi connectivity index (χ0v) is 12.6. The average Bonchev–Trinajstić information content (AvgIpc) is 2.37. The Morgan fingerprint density at radius 2 is 1.75 bits per heavy atom. The Balaban J connectivity index is 2.34. The van der Waals surface area contributed by atoms with Gasteiger partial charge in [-0.15, -0.1) is 0 Å². The van der Waals surface area contributed by atoms with E-state index < -0.39 is 0 Å². The van der Waals surface area contributed by atoms with E-state index in [9.17, 15) is 5.11 Å². The van der Waals surface area contributed by atoms with Gasteiger partial charge in [-0.25, -0.2) is 9.97 Å². The fourth-order valence-electron chi connectivity index (χ4n) is 2.24. The third-order valence-corrected chi connectivity index (χ3v) is 3.52. The number of anilines is 1. The fourth-order valence-corrected chi connectivity index (χ4v) is 2.24. The minimum absolute atomic E-state index is 0.0441. The minimum atomic E-state index is 0.0441. The van der Waals surface area contributed by atoms with Gasteiger partial charge in [-0.1, -0.05) is 32.9 Å². The molecule has 0 fully saturated rings. The Labute approximate surface area is 120 Å². The van der Waals surface area contributed by atoms with Crippen LogP contribution >= 0.6 is 0 Å². The van der Waals surface area contributed by atoms with E-state index in [-0.39, 0.29) is 18.1 Å². The number of aromatic nitrogens is 2. The van der Waals surface area contributed by atoms with Crippen LogP contribution in [-0.4, -0.2) is 27.7 Å². The molecule has 1 aromatic carbocycles. The molecule has 1 atom stereocenters. The molecule has 1 aromatic heterocycles. The lowest BCUT2D eigenvalue weighted by Gasteiger charge is -2.32. The normalized spacial score (nSPS) is 13.4. The van der Waals surface area contributed by atoms with Crippen molar-refractivity contribution in [1.29, 1.82) is 0 Å². The fraction of sp³-hybridized carbons (Fsp3) is 0.500. The van der Waals surface area contributed by atoms with Gasteiger partial charge < -0.3 is 10.4 Å². The van der Waals surface area contributed by atoms with Crippen LogP contribution in [0, 0.1) is 12.3 Å². The van der Waals surface area contributed by atoms with Crippen molar-refractivity contribution in [2.45, 2.75) is 40.2 Å². The number of nitrogens with zero attached hydrogens (tertiary/aromatic N) is 2. The van der Waals surface area contributed by atoms with E-state index in [0.717, 1.165) is 22.5 Å². The molecule has 0 radical (unpaired) electrons. The van der Waals surface area contributed by atoms with Crippen molar-refractivity contribution in [3.05, 3.63) is 30.0 Å². The van der Waals surface area contributed by atoms with E-state index in [1.807, 2.05) is 31.2 Å². The Kier molecular flexibility index (Phi) is 4.23. The van der Waals surface area contributed by atoms with Crippen LogP contribution < -0.4 is 5.32 Å². The first-order valence-electron chi connectivity index (χ1n) is 7.02. The van der Waals surface area contributed by atoms with Crippen LogP contribution in [0.2, 0.25) is 0 Å². The standard InChI is InChI=1S/C16H23N3O/c1-11-15(19-14(9-10-20)16(2,3)4)18-13-8-6-5-7-12(13)17-11/h5-8,14,20H,9-10H2,1-4H3,(H,18,19). The van der Waals surface area contributed by atoms with Crippen LogP contribution in [0.5, 0.6) is 0 Å². The van der Waals surface area contributed by atoms with E-state index in [2.05, 4.69) is 36.1 Å². The predicted molar refractivity (Wildman–Crippen MR) is 82.8 cm³/mol. The molecule has 0 aliphatic heterocycles. The summed E-state index contributed by atoms with van der Waals surface area (Å²) in [6.45, 7) is 8.59. The van der Waals surface area contributed by atoms with E-state index in [0.29, 0.717) is 6.42 Å². The highest BCUT2D eigenvalue weighted by Crippen LogP contribution is 2.26. The maximum atomic E-state index is 9.24. The van der Waals surface area contributed by atoms with Gasteiger partial charge in [-0.2, -0.15) is 0 Å². The van der Waals surface area contributed by atoms with Gasteiger partial charge in [-0.05, 0) is 30.9 Å². The summed E-state index contributed by atoms with van der Waals surface area (Å²) in [4.78, 5) is 9.24. The van der Waals surface area contributed by atoms with Crippen molar-refractivity contribution in [2.24, 2.45) is 5.41 Å². The molecule has 0 aliphatic carbocycles. The third-order valence-electron chi connectivity index (χ3n) is 3.52. The number of aliphatic hydroxyl groups is 1. The Hall–Kier alpha value is -1.68. The smallest absolute Gasteiger partial charge is 0.148 e. The molecule has 0 saturated heterocycles. The first-order valence-corrected chi connectivity index (χ1v) is 7.02. The molecule has 2 rings (SSSR count). The molecule has 2 N–H and O–H groups in total. The second-order valence-electron chi connectivity index (χ2n) is 6.22. The van der Waals surface area contributed by atoms with Gasteiger partial charge in [-0.3, -0.25) is 0 Å². The summed E-state index contributed by atoms with van der Waals surface area (Å²) in [5, 5.41) is 12.7. The Morgan fingerprint density at radius 1 is 1.15 bits per heavy atom. The van der Waals surface area contributed by atoms with Crippen LogP contribution in [-0.2, 0) is 0 Å². The molecule has 0 spiro atoms. The summed E-state index contributed by atoms with van der Waals surface area (Å²) in [5.41, 5.74) is 2.72. The van der Waals surface area contributed by atoms with Gasteiger partial charge in [0.25, 0.3) is 0 Å². The highest BCUT2D eigenvalue weighted by atomic mass is 16.3. The van der Waals surface area contributed by atoms with E-state index in [4.69, 9.17) is 0 Å². The van der Waals surface area contributed by atoms with Crippen LogP contribution in [0.3, 0.4) is 0 Å². The third kappa shape index (κ3) is 3.25. The van der Waals surface area contributed by atoms with Gasteiger partial charge in [0.1, 0.15) is 5.82 Å². The highest BCUT2D eigenvalue weighted by molar-refractivity contribution is 5.76. The molecule has 1 unspecified atom stereocenters. The molecule has 1 heterocycles.